The van der Waals surface area contributed by atoms with Crippen LogP contribution in [-0.4, -0.2) is 53.2 Å². The number of ether oxygens (including phenoxy) is 1. The molecule has 1 amide bonds. The van der Waals surface area contributed by atoms with E-state index in [9.17, 15) is 9.59 Å². The number of hydrogen-bond donors (Lipinski definition) is 1. The first-order chi connectivity index (χ1) is 12.4. The molecule has 0 aliphatic heterocycles. The Morgan fingerprint density at radius 1 is 1.42 bits per heavy atom. The number of carbonyl (C=O) groups is 2. The Morgan fingerprint density at radius 2 is 2.19 bits per heavy atom. The Balaban J connectivity index is 2.11. The second kappa shape index (κ2) is 9.49. The zero-order valence-electron chi connectivity index (χ0n) is 15.2. The number of carbonyl (C=O) groups excluding carboxylic acids is 1. The van der Waals surface area contributed by atoms with Gasteiger partial charge in [-0.1, -0.05) is 6.92 Å². The van der Waals surface area contributed by atoms with Gasteiger partial charge in [-0.15, -0.1) is 11.3 Å². The third-order valence-corrected chi connectivity index (χ3v) is 4.66. The molecular weight excluding hydrogens is 356 g/mol. The Kier molecular flexibility index (Phi) is 7.35. The molecule has 142 valence electrons. The molecule has 1 unspecified atom stereocenters. The highest BCUT2D eigenvalue weighted by atomic mass is 32.1. The average Bonchev–Trinajstić information content (AvgIpc) is 3.25. The van der Waals surface area contributed by atoms with Crippen molar-refractivity contribution < 1.29 is 23.8 Å². The largest absolute Gasteiger partial charge is 0.481 e. The van der Waals surface area contributed by atoms with Crippen LogP contribution in [0.25, 0.3) is 10.8 Å². The Labute approximate surface area is 156 Å². The first kappa shape index (κ1) is 20.1. The van der Waals surface area contributed by atoms with Crippen LogP contribution in [-0.2, 0) is 9.53 Å². The fourth-order valence-electron chi connectivity index (χ4n) is 2.38. The van der Waals surface area contributed by atoms with Gasteiger partial charge in [0.25, 0.3) is 5.91 Å². The van der Waals surface area contributed by atoms with Crippen LogP contribution in [0.4, 0.5) is 0 Å². The maximum atomic E-state index is 12.8. The van der Waals surface area contributed by atoms with Crippen molar-refractivity contribution in [1.82, 2.24) is 9.88 Å². The topological polar surface area (TPSA) is 92.9 Å². The average molecular weight is 380 g/mol. The Hall–Kier alpha value is -2.19. The molecule has 26 heavy (non-hydrogen) atoms. The molecule has 7 nitrogen and oxygen atoms in total. The highest BCUT2D eigenvalue weighted by molar-refractivity contribution is 7.13. The number of furan rings is 1. The van der Waals surface area contributed by atoms with E-state index >= 15 is 0 Å². The molecule has 0 aliphatic carbocycles. The van der Waals surface area contributed by atoms with Gasteiger partial charge in [-0.2, -0.15) is 0 Å². The number of aliphatic carboxylic acids is 1. The molecule has 0 fully saturated rings. The first-order valence-corrected chi connectivity index (χ1v) is 9.42. The molecule has 1 N–H and O–H groups in total. The quantitative estimate of drug-likeness (QED) is 0.636. The van der Waals surface area contributed by atoms with E-state index < -0.39 is 11.9 Å². The van der Waals surface area contributed by atoms with Crippen LogP contribution < -0.4 is 0 Å². The van der Waals surface area contributed by atoms with Gasteiger partial charge in [0, 0.05) is 31.7 Å². The lowest BCUT2D eigenvalue weighted by Gasteiger charge is -2.23. The molecule has 0 aromatic carbocycles. The summed E-state index contributed by atoms with van der Waals surface area (Å²) < 4.78 is 10.8. The first-order valence-electron chi connectivity index (χ1n) is 8.54. The number of thiazole rings is 1. The SMILES string of the molecule is CCOCCCN(CC(C)C(=O)O)C(=O)c1csc(-c2ccc(C)o2)n1. The summed E-state index contributed by atoms with van der Waals surface area (Å²) in [5.41, 5.74) is 0.299. The smallest absolute Gasteiger partial charge is 0.308 e. The van der Waals surface area contributed by atoms with Crippen molar-refractivity contribution in [3.63, 3.8) is 0 Å². The maximum Gasteiger partial charge on any atom is 0.308 e. The Morgan fingerprint density at radius 3 is 2.81 bits per heavy atom. The van der Waals surface area contributed by atoms with Crippen molar-refractivity contribution in [2.45, 2.75) is 27.2 Å². The fraction of sp³-hybridized carbons (Fsp3) is 0.500. The van der Waals surface area contributed by atoms with Crippen LogP contribution in [0, 0.1) is 12.8 Å². The van der Waals surface area contributed by atoms with E-state index in [4.69, 9.17) is 14.3 Å². The third-order valence-electron chi connectivity index (χ3n) is 3.80. The summed E-state index contributed by atoms with van der Waals surface area (Å²) in [6.45, 7) is 7.02. The molecule has 0 saturated heterocycles. The number of carboxylic acid groups (broad SMARTS) is 1. The van der Waals surface area contributed by atoms with Crippen molar-refractivity contribution in [2.24, 2.45) is 5.92 Å². The van der Waals surface area contributed by atoms with Crippen molar-refractivity contribution in [1.29, 1.82) is 0 Å². The summed E-state index contributed by atoms with van der Waals surface area (Å²) in [7, 11) is 0. The van der Waals surface area contributed by atoms with Crippen molar-refractivity contribution in [3.05, 3.63) is 29.0 Å². The van der Waals surface area contributed by atoms with Crippen LogP contribution in [0.1, 0.15) is 36.5 Å². The van der Waals surface area contributed by atoms with Crippen LogP contribution in [0.5, 0.6) is 0 Å². The standard InChI is InChI=1S/C18H24N2O5S/c1-4-24-9-5-8-20(10-12(2)18(22)23)17(21)14-11-26-16(19-14)15-7-6-13(3)25-15/h6-7,11-12H,4-5,8-10H2,1-3H3,(H,22,23). The normalized spacial score (nSPS) is 12.1. The Bertz CT molecular complexity index is 740. The molecule has 0 bridgehead atoms. The number of rotatable bonds is 10. The molecule has 2 aromatic heterocycles. The van der Waals surface area contributed by atoms with Crippen molar-refractivity contribution in [3.8, 4) is 10.8 Å². The van der Waals surface area contributed by atoms with E-state index in [0.717, 1.165) is 5.76 Å². The fourth-order valence-corrected chi connectivity index (χ4v) is 3.14. The van der Waals surface area contributed by atoms with Crippen molar-refractivity contribution in [2.75, 3.05) is 26.3 Å². The summed E-state index contributed by atoms with van der Waals surface area (Å²) in [5.74, 6) is -0.473. The molecule has 2 heterocycles. The van der Waals surface area contributed by atoms with E-state index in [1.807, 2.05) is 26.0 Å². The second-order valence-corrected chi connectivity index (χ2v) is 6.85. The molecule has 0 spiro atoms. The lowest BCUT2D eigenvalue weighted by atomic mass is 10.1. The van der Waals surface area contributed by atoms with E-state index in [2.05, 4.69) is 4.98 Å². The van der Waals surface area contributed by atoms with E-state index in [-0.39, 0.29) is 12.5 Å². The van der Waals surface area contributed by atoms with Gasteiger partial charge in [0.15, 0.2) is 10.8 Å². The predicted octanol–water partition coefficient (Wildman–Crippen LogP) is 3.30. The minimum absolute atomic E-state index is 0.132. The lowest BCUT2D eigenvalue weighted by molar-refractivity contribution is -0.141. The molecular formula is C18H24N2O5S. The van der Waals surface area contributed by atoms with Gasteiger partial charge in [0.2, 0.25) is 0 Å². The zero-order valence-corrected chi connectivity index (χ0v) is 16.0. The van der Waals surface area contributed by atoms with Gasteiger partial charge >= 0.3 is 5.97 Å². The number of nitrogens with zero attached hydrogens (tertiary/aromatic N) is 2. The van der Waals surface area contributed by atoms with Gasteiger partial charge in [0.05, 0.1) is 5.92 Å². The van der Waals surface area contributed by atoms with E-state index in [1.54, 1.807) is 12.3 Å². The highest BCUT2D eigenvalue weighted by Crippen LogP contribution is 2.26. The molecule has 0 radical (unpaired) electrons. The molecule has 8 heteroatoms. The summed E-state index contributed by atoms with van der Waals surface area (Å²) in [6.07, 6.45) is 0.639. The predicted molar refractivity (Wildman–Crippen MR) is 98.4 cm³/mol. The molecule has 1 atom stereocenters. The molecule has 2 aromatic rings. The summed E-state index contributed by atoms with van der Waals surface area (Å²) >= 11 is 1.33. The van der Waals surface area contributed by atoms with E-state index in [1.165, 1.54) is 16.2 Å². The highest BCUT2D eigenvalue weighted by Gasteiger charge is 2.24. The third kappa shape index (κ3) is 5.40. The van der Waals surface area contributed by atoms with Crippen LogP contribution in [0.15, 0.2) is 21.9 Å². The number of amides is 1. The number of aryl methyl sites for hydroxylation is 1. The van der Waals surface area contributed by atoms with Crippen LogP contribution in [0.2, 0.25) is 0 Å². The summed E-state index contributed by atoms with van der Waals surface area (Å²) in [4.78, 5) is 29.9. The van der Waals surface area contributed by atoms with Crippen LogP contribution >= 0.6 is 11.3 Å². The van der Waals surface area contributed by atoms with E-state index in [0.29, 0.717) is 42.6 Å². The van der Waals surface area contributed by atoms with Crippen LogP contribution in [0.3, 0.4) is 0 Å². The van der Waals surface area contributed by atoms with Gasteiger partial charge < -0.3 is 19.2 Å². The van der Waals surface area contributed by atoms with Crippen molar-refractivity contribution >= 4 is 23.2 Å². The number of hydrogen-bond acceptors (Lipinski definition) is 6. The minimum atomic E-state index is -0.933. The molecule has 0 saturated carbocycles. The maximum absolute atomic E-state index is 12.8. The lowest BCUT2D eigenvalue weighted by Crippen LogP contribution is -2.38. The summed E-state index contributed by atoms with van der Waals surface area (Å²) in [5, 5.41) is 11.5. The van der Waals surface area contributed by atoms with Gasteiger partial charge in [-0.05, 0) is 32.4 Å². The molecule has 0 aliphatic rings. The number of aromatic nitrogens is 1. The van der Waals surface area contributed by atoms with Gasteiger partial charge in [0.1, 0.15) is 11.5 Å². The van der Waals surface area contributed by atoms with Gasteiger partial charge in [-0.3, -0.25) is 9.59 Å². The summed E-state index contributed by atoms with van der Waals surface area (Å²) in [6, 6.07) is 3.65. The molecule has 2 rings (SSSR count). The minimum Gasteiger partial charge on any atom is -0.481 e. The second-order valence-electron chi connectivity index (χ2n) is 5.99. The monoisotopic (exact) mass is 380 g/mol. The zero-order chi connectivity index (χ0) is 19.1. The number of carboxylic acids is 1. The van der Waals surface area contributed by atoms with Gasteiger partial charge in [-0.25, -0.2) is 4.98 Å².